The minimum atomic E-state index is -0.532. The fourth-order valence-electron chi connectivity index (χ4n) is 4.41. The second-order valence-corrected chi connectivity index (χ2v) is 10.4. The summed E-state index contributed by atoms with van der Waals surface area (Å²) in [5.74, 6) is 0.974. The van der Waals surface area contributed by atoms with Crippen LogP contribution in [0.2, 0.25) is 0 Å². The molecule has 2 aromatic heterocycles. The van der Waals surface area contributed by atoms with Crippen LogP contribution in [0.4, 0.5) is 17.5 Å². The van der Waals surface area contributed by atoms with Gasteiger partial charge < -0.3 is 25.3 Å². The van der Waals surface area contributed by atoms with Gasteiger partial charge in [-0.15, -0.1) is 0 Å². The number of amides is 1. The third-order valence-corrected chi connectivity index (χ3v) is 6.69. The number of hydrogen-bond donors (Lipinski definition) is 2. The maximum Gasteiger partial charge on any atom is 0.246 e. The van der Waals surface area contributed by atoms with Gasteiger partial charge in [-0.3, -0.25) is 4.79 Å². The molecule has 1 aromatic carbocycles. The van der Waals surface area contributed by atoms with Crippen molar-refractivity contribution < 1.29 is 9.53 Å². The number of carbonyl (C=O) groups excluding carboxylic acids is 1. The minimum absolute atomic E-state index is 0.00247. The fraction of sp³-hybridized carbons (Fsp3) is 0.538. The van der Waals surface area contributed by atoms with Crippen LogP contribution in [0.5, 0.6) is 0 Å². The number of nitrogens with two attached hydrogens (primary N) is 1. The zero-order valence-electron chi connectivity index (χ0n) is 21.6. The van der Waals surface area contributed by atoms with Crippen molar-refractivity contribution in [3.8, 4) is 0 Å². The molecule has 0 radical (unpaired) electrons. The van der Waals surface area contributed by atoms with Crippen LogP contribution in [-0.4, -0.2) is 50.7 Å². The molecule has 1 amide bonds. The van der Waals surface area contributed by atoms with Gasteiger partial charge >= 0.3 is 0 Å². The first-order chi connectivity index (χ1) is 16.6. The molecule has 9 nitrogen and oxygen atoms in total. The van der Waals surface area contributed by atoms with Gasteiger partial charge in [-0.1, -0.05) is 39.8 Å². The number of aromatic nitrogens is 4. The first kappa shape index (κ1) is 24.9. The summed E-state index contributed by atoms with van der Waals surface area (Å²) in [6.07, 6.45) is 3.38. The molecule has 4 rings (SSSR count). The molecule has 1 aliphatic heterocycles. The van der Waals surface area contributed by atoms with Crippen LogP contribution in [0, 0.1) is 6.92 Å². The third kappa shape index (κ3) is 5.40. The summed E-state index contributed by atoms with van der Waals surface area (Å²) in [7, 11) is 1.95. The van der Waals surface area contributed by atoms with E-state index in [1.54, 1.807) is 6.33 Å². The number of piperidine rings is 1. The number of imidazole rings is 1. The van der Waals surface area contributed by atoms with Crippen LogP contribution in [-0.2, 0) is 22.0 Å². The van der Waals surface area contributed by atoms with E-state index in [2.05, 4.69) is 61.1 Å². The van der Waals surface area contributed by atoms with Gasteiger partial charge in [0.05, 0.1) is 12.4 Å². The van der Waals surface area contributed by atoms with Gasteiger partial charge in [-0.2, -0.15) is 9.97 Å². The topological polar surface area (TPSA) is 111 Å². The molecule has 3 N–H and O–H groups in total. The van der Waals surface area contributed by atoms with Crippen molar-refractivity contribution in [3.63, 3.8) is 0 Å². The summed E-state index contributed by atoms with van der Waals surface area (Å²) in [5, 5.41) is 3.57. The quantitative estimate of drug-likeness (QED) is 0.527. The molecule has 9 heteroatoms. The van der Waals surface area contributed by atoms with E-state index in [0.29, 0.717) is 18.0 Å². The van der Waals surface area contributed by atoms with E-state index < -0.39 is 12.0 Å². The zero-order chi connectivity index (χ0) is 25.3. The number of hydrogen-bond acceptors (Lipinski definition) is 7. The van der Waals surface area contributed by atoms with Crippen LogP contribution >= 0.6 is 0 Å². The smallest absolute Gasteiger partial charge is 0.246 e. The summed E-state index contributed by atoms with van der Waals surface area (Å²) in [6.45, 7) is 12.1. The summed E-state index contributed by atoms with van der Waals surface area (Å²) >= 11 is 0. The first-order valence-corrected chi connectivity index (χ1v) is 12.3. The molecule has 35 heavy (non-hydrogen) atoms. The molecule has 1 saturated heterocycles. The Hall–Kier alpha value is -3.20. The highest BCUT2D eigenvalue weighted by molar-refractivity contribution is 5.87. The summed E-state index contributed by atoms with van der Waals surface area (Å²) in [4.78, 5) is 27.9. The molecular formula is C26H37N7O2. The number of primary amides is 1. The molecule has 0 bridgehead atoms. The van der Waals surface area contributed by atoms with Gasteiger partial charge in [0.1, 0.15) is 11.6 Å². The van der Waals surface area contributed by atoms with Crippen LogP contribution < -0.4 is 16.0 Å². The lowest BCUT2D eigenvalue weighted by molar-refractivity contribution is -0.134. The van der Waals surface area contributed by atoms with Crippen molar-refractivity contribution in [2.45, 2.75) is 71.5 Å². The molecule has 0 aliphatic carbocycles. The van der Waals surface area contributed by atoms with Crippen molar-refractivity contribution >= 4 is 34.5 Å². The molecular weight excluding hydrogens is 442 g/mol. The Balaban J connectivity index is 1.60. The number of aryl methyl sites for hydroxylation is 2. The molecule has 3 aromatic rings. The number of anilines is 3. The van der Waals surface area contributed by atoms with E-state index in [9.17, 15) is 4.79 Å². The van der Waals surface area contributed by atoms with E-state index >= 15 is 0 Å². The van der Waals surface area contributed by atoms with Crippen LogP contribution in [0.1, 0.15) is 58.1 Å². The number of benzene rings is 1. The van der Waals surface area contributed by atoms with Gasteiger partial charge in [-0.25, -0.2) is 4.98 Å². The van der Waals surface area contributed by atoms with Gasteiger partial charge in [0.25, 0.3) is 0 Å². The Morgan fingerprint density at radius 1 is 1.26 bits per heavy atom. The molecule has 1 aliphatic rings. The largest absolute Gasteiger partial charge is 0.367 e. The van der Waals surface area contributed by atoms with E-state index in [0.717, 1.165) is 48.5 Å². The van der Waals surface area contributed by atoms with Crippen molar-refractivity contribution in [1.29, 1.82) is 0 Å². The summed E-state index contributed by atoms with van der Waals surface area (Å²) in [5.41, 5.74) is 10.4. The Bertz CT molecular complexity index is 1210. The molecule has 0 saturated carbocycles. The predicted octanol–water partition coefficient (Wildman–Crippen LogP) is 3.96. The minimum Gasteiger partial charge on any atom is -0.367 e. The highest BCUT2D eigenvalue weighted by atomic mass is 16.5. The van der Waals surface area contributed by atoms with Crippen LogP contribution in [0.25, 0.3) is 11.2 Å². The molecule has 0 spiro atoms. The average Bonchev–Trinajstić information content (AvgIpc) is 3.19. The Labute approximate surface area is 207 Å². The number of fused-ring (bicyclic) bond motifs is 1. The number of nitrogens with zero attached hydrogens (tertiary/aromatic N) is 5. The van der Waals surface area contributed by atoms with E-state index in [-0.39, 0.29) is 11.5 Å². The van der Waals surface area contributed by atoms with Crippen LogP contribution in [0.3, 0.4) is 0 Å². The predicted molar refractivity (Wildman–Crippen MR) is 139 cm³/mol. The summed E-state index contributed by atoms with van der Waals surface area (Å²) < 4.78 is 7.89. The molecule has 1 unspecified atom stereocenters. The zero-order valence-corrected chi connectivity index (χ0v) is 21.6. The van der Waals surface area contributed by atoms with Crippen molar-refractivity contribution in [1.82, 2.24) is 19.5 Å². The van der Waals surface area contributed by atoms with E-state index in [1.807, 2.05) is 18.5 Å². The second kappa shape index (κ2) is 9.81. The van der Waals surface area contributed by atoms with Crippen molar-refractivity contribution in [2.24, 2.45) is 12.8 Å². The standard InChI is InChI=1S/C26H37N7O2/c1-7-20(22(27)34)35-18-10-12-33(13-11-18)25-30-23-21(32(6)15-28-23)24(31-25)29-19-14-17(26(3,4)5)9-8-16(19)2/h8-9,14-15,18,20H,7,10-13H2,1-6H3,(H2,27,34)(H,29,30,31). The monoisotopic (exact) mass is 479 g/mol. The SMILES string of the molecule is CCC(OC1CCN(c2nc(Nc3cc(C(C)(C)C)ccc3C)c3c(ncn3C)n2)CC1)C(N)=O. The third-order valence-electron chi connectivity index (χ3n) is 6.69. The van der Waals surface area contributed by atoms with Gasteiger partial charge in [-0.05, 0) is 48.8 Å². The van der Waals surface area contributed by atoms with Crippen LogP contribution in [0.15, 0.2) is 24.5 Å². The van der Waals surface area contributed by atoms with Gasteiger partial charge in [0.2, 0.25) is 11.9 Å². The fourth-order valence-corrected chi connectivity index (χ4v) is 4.41. The summed E-state index contributed by atoms with van der Waals surface area (Å²) in [6, 6.07) is 6.52. The Kier molecular flexibility index (Phi) is 6.98. The molecule has 188 valence electrons. The number of rotatable bonds is 7. The van der Waals surface area contributed by atoms with Crippen molar-refractivity contribution in [3.05, 3.63) is 35.7 Å². The van der Waals surface area contributed by atoms with E-state index in [1.165, 1.54) is 5.56 Å². The molecule has 3 heterocycles. The van der Waals surface area contributed by atoms with Gasteiger partial charge in [0, 0.05) is 25.8 Å². The number of carbonyl (C=O) groups is 1. The highest BCUT2D eigenvalue weighted by Crippen LogP contribution is 2.31. The Morgan fingerprint density at radius 2 is 1.97 bits per heavy atom. The second-order valence-electron chi connectivity index (χ2n) is 10.4. The normalized spacial score (nSPS) is 16.0. The first-order valence-electron chi connectivity index (χ1n) is 12.3. The Morgan fingerprint density at radius 3 is 2.60 bits per heavy atom. The highest BCUT2D eigenvalue weighted by Gasteiger charge is 2.27. The molecule has 1 fully saturated rings. The lowest BCUT2D eigenvalue weighted by atomic mass is 9.86. The lowest BCUT2D eigenvalue weighted by Gasteiger charge is -2.33. The molecule has 1 atom stereocenters. The maximum absolute atomic E-state index is 11.6. The lowest BCUT2D eigenvalue weighted by Crippen LogP contribution is -2.41. The number of ether oxygens (including phenoxy) is 1. The number of nitrogens with one attached hydrogen (secondary N) is 1. The van der Waals surface area contributed by atoms with Gasteiger partial charge in [0.15, 0.2) is 11.5 Å². The average molecular weight is 480 g/mol. The maximum atomic E-state index is 11.6. The van der Waals surface area contributed by atoms with Crippen molar-refractivity contribution in [2.75, 3.05) is 23.3 Å². The van der Waals surface area contributed by atoms with E-state index in [4.69, 9.17) is 20.4 Å².